The number of carbonyl (C=O) groups excluding carboxylic acids is 1. The smallest absolute Gasteiger partial charge is 0.230 e. The molecule has 4 heteroatoms. The van der Waals surface area contributed by atoms with Crippen molar-refractivity contribution >= 4 is 5.91 Å². The second kappa shape index (κ2) is 9.34. The third kappa shape index (κ3) is 5.85. The Labute approximate surface area is 177 Å². The SMILES string of the molecule is C=C(CN1CCC(CNC(=O)C2(c3ccccc3)CCCC2)CC1)NC(C)(C)C. The first-order chi connectivity index (χ1) is 13.8. The Balaban J connectivity index is 1.46. The Morgan fingerprint density at radius 2 is 1.76 bits per heavy atom. The number of nitrogens with one attached hydrogen (secondary N) is 2. The van der Waals surface area contributed by atoms with Gasteiger partial charge in [-0.15, -0.1) is 0 Å². The molecule has 0 unspecified atom stereocenters. The summed E-state index contributed by atoms with van der Waals surface area (Å²) < 4.78 is 0. The third-order valence-corrected chi connectivity index (χ3v) is 6.44. The lowest BCUT2D eigenvalue weighted by Crippen LogP contribution is -2.46. The molecular weight excluding hydrogens is 358 g/mol. The summed E-state index contributed by atoms with van der Waals surface area (Å²) in [6.45, 7) is 14.6. The first kappa shape index (κ1) is 21.9. The van der Waals surface area contributed by atoms with Crippen molar-refractivity contribution in [1.29, 1.82) is 0 Å². The molecule has 3 rings (SSSR count). The fraction of sp³-hybridized carbons (Fsp3) is 0.640. The van der Waals surface area contributed by atoms with Crippen LogP contribution in [0.25, 0.3) is 0 Å². The number of benzene rings is 1. The van der Waals surface area contributed by atoms with Crippen LogP contribution in [0, 0.1) is 5.92 Å². The highest BCUT2D eigenvalue weighted by molar-refractivity contribution is 5.88. The number of amides is 1. The minimum atomic E-state index is -0.307. The lowest BCUT2D eigenvalue weighted by Gasteiger charge is -2.35. The van der Waals surface area contributed by atoms with Crippen LogP contribution < -0.4 is 10.6 Å². The molecule has 1 saturated carbocycles. The van der Waals surface area contributed by atoms with Crippen LogP contribution in [0.15, 0.2) is 42.6 Å². The fourth-order valence-electron chi connectivity index (χ4n) is 4.98. The number of likely N-dealkylation sites (tertiary alicyclic amines) is 1. The van der Waals surface area contributed by atoms with Gasteiger partial charge in [0.25, 0.3) is 0 Å². The molecule has 160 valence electrons. The molecule has 0 bridgehead atoms. The normalized spacial score (nSPS) is 20.4. The Kier molecular flexibility index (Phi) is 7.05. The van der Waals surface area contributed by atoms with Crippen LogP contribution >= 0.6 is 0 Å². The summed E-state index contributed by atoms with van der Waals surface area (Å²) in [5.74, 6) is 0.819. The summed E-state index contributed by atoms with van der Waals surface area (Å²) in [5.41, 5.74) is 2.04. The van der Waals surface area contributed by atoms with Crippen LogP contribution in [-0.2, 0) is 10.2 Å². The molecule has 1 aromatic rings. The number of nitrogens with zero attached hydrogens (tertiary/aromatic N) is 1. The number of carbonyl (C=O) groups is 1. The van der Waals surface area contributed by atoms with Gasteiger partial charge in [0.1, 0.15) is 0 Å². The quantitative estimate of drug-likeness (QED) is 0.724. The van der Waals surface area contributed by atoms with E-state index >= 15 is 0 Å². The Bertz CT molecular complexity index is 678. The van der Waals surface area contributed by atoms with Gasteiger partial charge in [-0.3, -0.25) is 9.69 Å². The summed E-state index contributed by atoms with van der Waals surface area (Å²) in [6.07, 6.45) is 6.53. The van der Waals surface area contributed by atoms with Gasteiger partial charge in [-0.2, -0.15) is 0 Å². The minimum Gasteiger partial charge on any atom is -0.383 e. The molecule has 1 aromatic carbocycles. The van der Waals surface area contributed by atoms with Gasteiger partial charge in [0.05, 0.1) is 5.41 Å². The maximum absolute atomic E-state index is 13.2. The van der Waals surface area contributed by atoms with E-state index in [-0.39, 0.29) is 16.9 Å². The second-order valence-electron chi connectivity index (χ2n) is 10.1. The maximum Gasteiger partial charge on any atom is 0.230 e. The summed E-state index contributed by atoms with van der Waals surface area (Å²) in [4.78, 5) is 15.7. The fourth-order valence-corrected chi connectivity index (χ4v) is 4.98. The Morgan fingerprint density at radius 3 is 2.34 bits per heavy atom. The van der Waals surface area contributed by atoms with Crippen molar-refractivity contribution < 1.29 is 4.79 Å². The molecule has 29 heavy (non-hydrogen) atoms. The van der Waals surface area contributed by atoms with Gasteiger partial charge in [0.2, 0.25) is 5.91 Å². The second-order valence-corrected chi connectivity index (χ2v) is 10.1. The molecule has 1 saturated heterocycles. The summed E-state index contributed by atoms with van der Waals surface area (Å²) in [7, 11) is 0. The number of hydrogen-bond acceptors (Lipinski definition) is 3. The summed E-state index contributed by atoms with van der Waals surface area (Å²) in [5, 5.41) is 6.81. The predicted octanol–water partition coefficient (Wildman–Crippen LogP) is 4.23. The largest absolute Gasteiger partial charge is 0.383 e. The standard InChI is InChI=1S/C25H39N3O/c1-20(27-24(2,3)4)19-28-16-12-21(13-17-28)18-26-23(29)25(14-8-9-15-25)22-10-6-5-7-11-22/h5-7,10-11,21,27H,1,8-9,12-19H2,2-4H3,(H,26,29). The highest BCUT2D eigenvalue weighted by atomic mass is 16.2. The average Bonchev–Trinajstić information content (AvgIpc) is 3.17. The van der Waals surface area contributed by atoms with Gasteiger partial charge < -0.3 is 10.6 Å². The summed E-state index contributed by atoms with van der Waals surface area (Å²) in [6, 6.07) is 10.4. The highest BCUT2D eigenvalue weighted by Gasteiger charge is 2.42. The minimum absolute atomic E-state index is 0.0641. The van der Waals surface area contributed by atoms with E-state index in [2.05, 4.69) is 67.1 Å². The van der Waals surface area contributed by atoms with E-state index in [4.69, 9.17) is 0 Å². The van der Waals surface area contributed by atoms with E-state index in [1.54, 1.807) is 0 Å². The lowest BCUT2D eigenvalue weighted by molar-refractivity contribution is -0.126. The van der Waals surface area contributed by atoms with Crippen molar-refractivity contribution in [2.75, 3.05) is 26.2 Å². The van der Waals surface area contributed by atoms with Crippen LogP contribution in [0.5, 0.6) is 0 Å². The monoisotopic (exact) mass is 397 g/mol. The zero-order valence-electron chi connectivity index (χ0n) is 18.6. The van der Waals surface area contributed by atoms with Crippen molar-refractivity contribution in [3.8, 4) is 0 Å². The van der Waals surface area contributed by atoms with Crippen LogP contribution in [-0.4, -0.2) is 42.5 Å². The van der Waals surface area contributed by atoms with E-state index in [0.29, 0.717) is 5.92 Å². The molecule has 0 aromatic heterocycles. The van der Waals surface area contributed by atoms with Gasteiger partial charge in [-0.25, -0.2) is 0 Å². The van der Waals surface area contributed by atoms with Gasteiger partial charge in [0, 0.05) is 24.3 Å². The van der Waals surface area contributed by atoms with Crippen LogP contribution in [0.1, 0.15) is 64.9 Å². The first-order valence-electron chi connectivity index (χ1n) is 11.3. The maximum atomic E-state index is 13.2. The molecule has 2 fully saturated rings. The van der Waals surface area contributed by atoms with E-state index in [1.807, 2.05) is 6.07 Å². The highest BCUT2D eigenvalue weighted by Crippen LogP contribution is 2.41. The number of hydrogen-bond donors (Lipinski definition) is 2. The van der Waals surface area contributed by atoms with Crippen LogP contribution in [0.4, 0.5) is 0 Å². The van der Waals surface area contributed by atoms with Crippen molar-refractivity contribution in [1.82, 2.24) is 15.5 Å². The first-order valence-corrected chi connectivity index (χ1v) is 11.3. The molecule has 0 spiro atoms. The molecule has 1 aliphatic heterocycles. The zero-order valence-corrected chi connectivity index (χ0v) is 18.6. The van der Waals surface area contributed by atoms with Crippen molar-refractivity contribution in [2.24, 2.45) is 5.92 Å². The van der Waals surface area contributed by atoms with Crippen molar-refractivity contribution in [2.45, 2.75) is 70.3 Å². The molecule has 1 heterocycles. The molecule has 2 N–H and O–H groups in total. The molecule has 4 nitrogen and oxygen atoms in total. The van der Waals surface area contributed by atoms with E-state index in [9.17, 15) is 4.79 Å². The average molecular weight is 398 g/mol. The molecule has 1 aliphatic carbocycles. The molecule has 0 atom stereocenters. The van der Waals surface area contributed by atoms with E-state index < -0.39 is 0 Å². The predicted molar refractivity (Wildman–Crippen MR) is 121 cm³/mol. The van der Waals surface area contributed by atoms with Gasteiger partial charge in [0.15, 0.2) is 0 Å². The van der Waals surface area contributed by atoms with Gasteiger partial charge in [-0.1, -0.05) is 49.8 Å². The topological polar surface area (TPSA) is 44.4 Å². The van der Waals surface area contributed by atoms with E-state index in [1.165, 1.54) is 5.56 Å². The number of piperidine rings is 1. The van der Waals surface area contributed by atoms with Crippen molar-refractivity contribution in [3.63, 3.8) is 0 Å². The zero-order chi connectivity index (χ0) is 20.9. The Morgan fingerprint density at radius 1 is 1.14 bits per heavy atom. The molecule has 0 radical (unpaired) electrons. The van der Waals surface area contributed by atoms with Crippen LogP contribution in [0.3, 0.4) is 0 Å². The van der Waals surface area contributed by atoms with Crippen molar-refractivity contribution in [3.05, 3.63) is 48.2 Å². The summed E-state index contributed by atoms with van der Waals surface area (Å²) >= 11 is 0. The lowest BCUT2D eigenvalue weighted by atomic mass is 9.78. The van der Waals surface area contributed by atoms with Gasteiger partial charge in [-0.05, 0) is 71.0 Å². The van der Waals surface area contributed by atoms with Gasteiger partial charge >= 0.3 is 0 Å². The molecule has 2 aliphatic rings. The molecular formula is C25H39N3O. The number of rotatable bonds is 7. The Hall–Kier alpha value is -1.81. The third-order valence-electron chi connectivity index (χ3n) is 6.44. The molecule has 1 amide bonds. The van der Waals surface area contributed by atoms with E-state index in [0.717, 1.165) is 70.4 Å². The van der Waals surface area contributed by atoms with Crippen LogP contribution in [0.2, 0.25) is 0 Å².